The lowest BCUT2D eigenvalue weighted by atomic mass is 10.2. The van der Waals surface area contributed by atoms with Crippen LogP contribution in [0.5, 0.6) is 5.75 Å². The van der Waals surface area contributed by atoms with Crippen molar-refractivity contribution in [1.29, 1.82) is 0 Å². The maximum absolute atomic E-state index is 5.92. The van der Waals surface area contributed by atoms with Crippen LogP contribution in [-0.4, -0.2) is 19.6 Å². The van der Waals surface area contributed by atoms with Crippen LogP contribution in [0.3, 0.4) is 0 Å². The number of nitrogens with zero attached hydrogens (tertiary/aromatic N) is 4. The molecule has 0 fully saturated rings. The van der Waals surface area contributed by atoms with Gasteiger partial charge in [-0.25, -0.2) is 4.98 Å². The van der Waals surface area contributed by atoms with E-state index in [0.29, 0.717) is 5.78 Å². The first-order valence-electron chi connectivity index (χ1n) is 6.12. The van der Waals surface area contributed by atoms with Crippen molar-refractivity contribution in [2.75, 3.05) is 0 Å². The van der Waals surface area contributed by atoms with E-state index in [1.807, 2.05) is 37.3 Å². The zero-order valence-electron chi connectivity index (χ0n) is 10.8. The highest BCUT2D eigenvalue weighted by atomic mass is 16.5. The molecule has 0 radical (unpaired) electrons. The number of fused-ring (bicyclic) bond motifs is 1. The minimum absolute atomic E-state index is 0.130. The van der Waals surface area contributed by atoms with Crippen LogP contribution >= 0.6 is 0 Å². The fraction of sp³-hybridized carbons (Fsp3) is 0.214. The van der Waals surface area contributed by atoms with Gasteiger partial charge in [0.25, 0.3) is 5.78 Å². The van der Waals surface area contributed by atoms with Gasteiger partial charge in [-0.3, -0.25) is 0 Å². The molecule has 0 bridgehead atoms. The summed E-state index contributed by atoms with van der Waals surface area (Å²) in [6.07, 6.45) is 3.08. The summed E-state index contributed by atoms with van der Waals surface area (Å²) >= 11 is 0. The van der Waals surface area contributed by atoms with Crippen LogP contribution in [0.25, 0.3) is 5.78 Å². The Balaban J connectivity index is 1.89. The van der Waals surface area contributed by atoms with Gasteiger partial charge in [0.2, 0.25) is 0 Å². The van der Waals surface area contributed by atoms with Gasteiger partial charge in [-0.1, -0.05) is 17.7 Å². The summed E-state index contributed by atoms with van der Waals surface area (Å²) in [4.78, 5) is 8.20. The van der Waals surface area contributed by atoms with Gasteiger partial charge in [-0.2, -0.15) is 14.6 Å². The molecule has 3 rings (SSSR count). The molecular weight excluding hydrogens is 240 g/mol. The molecule has 1 aromatic carbocycles. The lowest BCUT2D eigenvalue weighted by molar-refractivity contribution is 0.218. The van der Waals surface area contributed by atoms with Crippen molar-refractivity contribution in [3.63, 3.8) is 0 Å². The topological polar surface area (TPSA) is 52.3 Å². The number of aryl methyl sites for hydroxylation is 1. The number of aromatic nitrogens is 4. The maximum Gasteiger partial charge on any atom is 0.252 e. The molecule has 19 heavy (non-hydrogen) atoms. The van der Waals surface area contributed by atoms with Crippen LogP contribution < -0.4 is 4.74 Å². The second-order valence-corrected chi connectivity index (χ2v) is 4.41. The molecule has 0 amide bonds. The lowest BCUT2D eigenvalue weighted by Gasteiger charge is -2.15. The summed E-state index contributed by atoms with van der Waals surface area (Å²) in [7, 11) is 0. The minimum atomic E-state index is -0.130. The zero-order chi connectivity index (χ0) is 13.2. The summed E-state index contributed by atoms with van der Waals surface area (Å²) in [5.41, 5.74) is 2.13. The molecule has 0 unspecified atom stereocenters. The summed E-state index contributed by atoms with van der Waals surface area (Å²) in [5, 5.41) is 4.16. The maximum atomic E-state index is 5.92. The first-order chi connectivity index (χ1) is 9.24. The smallest absolute Gasteiger partial charge is 0.252 e. The Morgan fingerprint density at radius 2 is 1.89 bits per heavy atom. The molecule has 5 nitrogen and oxygen atoms in total. The van der Waals surface area contributed by atoms with E-state index in [-0.39, 0.29) is 6.10 Å². The number of rotatable bonds is 3. The van der Waals surface area contributed by atoms with E-state index in [2.05, 4.69) is 22.0 Å². The van der Waals surface area contributed by atoms with Crippen molar-refractivity contribution in [2.24, 2.45) is 0 Å². The van der Waals surface area contributed by atoms with Crippen molar-refractivity contribution < 1.29 is 4.74 Å². The van der Waals surface area contributed by atoms with Crippen LogP contribution in [0.1, 0.15) is 24.3 Å². The van der Waals surface area contributed by atoms with Crippen molar-refractivity contribution in [3.05, 3.63) is 54.1 Å². The Morgan fingerprint density at radius 3 is 2.68 bits per heavy atom. The second-order valence-electron chi connectivity index (χ2n) is 4.41. The Hall–Kier alpha value is -2.43. The third kappa shape index (κ3) is 2.27. The van der Waals surface area contributed by atoms with Crippen LogP contribution in [0.4, 0.5) is 0 Å². The average molecular weight is 254 g/mol. The molecule has 0 saturated carbocycles. The van der Waals surface area contributed by atoms with Crippen LogP contribution in [-0.2, 0) is 0 Å². The van der Waals surface area contributed by atoms with Gasteiger partial charge in [0.05, 0.1) is 5.69 Å². The molecular formula is C14H14N4O. The van der Waals surface area contributed by atoms with Crippen LogP contribution in [0, 0.1) is 6.92 Å². The highest BCUT2D eigenvalue weighted by Gasteiger charge is 2.12. The quantitative estimate of drug-likeness (QED) is 0.720. The van der Waals surface area contributed by atoms with Gasteiger partial charge in [0.15, 0.2) is 0 Å². The van der Waals surface area contributed by atoms with E-state index >= 15 is 0 Å². The molecule has 1 atom stereocenters. The van der Waals surface area contributed by atoms with Crippen LogP contribution in [0.15, 0.2) is 42.9 Å². The molecule has 0 N–H and O–H groups in total. The van der Waals surface area contributed by atoms with Gasteiger partial charge in [-0.05, 0) is 32.0 Å². The van der Waals surface area contributed by atoms with Crippen molar-refractivity contribution in [3.8, 4) is 5.75 Å². The van der Waals surface area contributed by atoms with E-state index < -0.39 is 0 Å². The monoisotopic (exact) mass is 254 g/mol. The molecule has 0 spiro atoms. The normalized spacial score (nSPS) is 12.5. The van der Waals surface area contributed by atoms with Crippen molar-refractivity contribution in [2.45, 2.75) is 20.0 Å². The number of benzene rings is 1. The van der Waals surface area contributed by atoms with Crippen molar-refractivity contribution in [1.82, 2.24) is 19.6 Å². The zero-order valence-corrected chi connectivity index (χ0v) is 10.8. The Kier molecular flexibility index (Phi) is 2.87. The predicted molar refractivity (Wildman–Crippen MR) is 71.0 cm³/mol. The molecule has 2 heterocycles. The summed E-state index contributed by atoms with van der Waals surface area (Å²) in [6.45, 7) is 4.03. The highest BCUT2D eigenvalue weighted by molar-refractivity contribution is 5.29. The van der Waals surface area contributed by atoms with E-state index in [4.69, 9.17) is 4.74 Å². The molecule has 0 saturated heterocycles. The molecule has 3 aromatic rings. The Bertz CT molecular complexity index is 690. The summed E-state index contributed by atoms with van der Waals surface area (Å²) in [6, 6.07) is 9.87. The first kappa shape index (κ1) is 11.6. The number of hydrogen-bond acceptors (Lipinski definition) is 4. The third-order valence-corrected chi connectivity index (χ3v) is 2.96. The fourth-order valence-corrected chi connectivity index (χ4v) is 1.95. The Morgan fingerprint density at radius 1 is 1.11 bits per heavy atom. The highest BCUT2D eigenvalue weighted by Crippen LogP contribution is 2.21. The van der Waals surface area contributed by atoms with Gasteiger partial charge < -0.3 is 4.74 Å². The Labute approximate surface area is 110 Å². The molecule has 5 heteroatoms. The lowest BCUT2D eigenvalue weighted by Crippen LogP contribution is -2.10. The largest absolute Gasteiger partial charge is 0.484 e. The van der Waals surface area contributed by atoms with Gasteiger partial charge in [0, 0.05) is 6.20 Å². The SMILES string of the molecule is Cc1ccc(O[C@H](C)c2ccnc3ncnn23)cc1. The van der Waals surface area contributed by atoms with E-state index in [0.717, 1.165) is 11.4 Å². The average Bonchev–Trinajstić information content (AvgIpc) is 2.89. The summed E-state index contributed by atoms with van der Waals surface area (Å²) in [5.74, 6) is 1.42. The first-order valence-corrected chi connectivity index (χ1v) is 6.12. The number of ether oxygens (including phenoxy) is 1. The summed E-state index contributed by atoms with van der Waals surface area (Å²) < 4.78 is 7.61. The fourth-order valence-electron chi connectivity index (χ4n) is 1.95. The van der Waals surface area contributed by atoms with E-state index in [1.54, 1.807) is 10.7 Å². The molecule has 96 valence electrons. The predicted octanol–water partition coefficient (Wildman–Crippen LogP) is 2.57. The molecule has 0 aliphatic heterocycles. The minimum Gasteiger partial charge on any atom is -0.484 e. The van der Waals surface area contributed by atoms with Crippen molar-refractivity contribution >= 4 is 5.78 Å². The van der Waals surface area contributed by atoms with Gasteiger partial charge in [0.1, 0.15) is 18.2 Å². The van der Waals surface area contributed by atoms with Crippen LogP contribution in [0.2, 0.25) is 0 Å². The van der Waals surface area contributed by atoms with E-state index in [9.17, 15) is 0 Å². The standard InChI is InChI=1S/C14H14N4O/c1-10-3-5-12(6-4-10)19-11(2)13-7-8-15-14-16-9-17-18(13)14/h3-9,11H,1-2H3/t11-/m1/s1. The second kappa shape index (κ2) is 4.68. The molecule has 0 aliphatic carbocycles. The third-order valence-electron chi connectivity index (χ3n) is 2.96. The van der Waals surface area contributed by atoms with Gasteiger partial charge in [-0.15, -0.1) is 0 Å². The molecule has 0 aliphatic rings. The molecule has 2 aromatic heterocycles. The number of hydrogen-bond donors (Lipinski definition) is 0. The van der Waals surface area contributed by atoms with Gasteiger partial charge >= 0.3 is 0 Å². The van der Waals surface area contributed by atoms with E-state index in [1.165, 1.54) is 11.9 Å².